The summed E-state index contributed by atoms with van der Waals surface area (Å²) in [5.74, 6) is -1.82. The van der Waals surface area contributed by atoms with E-state index in [1.165, 1.54) is 16.2 Å². The number of aromatic nitrogens is 2. The first-order valence-electron chi connectivity index (χ1n) is 10.2. The van der Waals surface area contributed by atoms with Gasteiger partial charge in [-0.1, -0.05) is 0 Å². The van der Waals surface area contributed by atoms with Crippen LogP contribution in [0.5, 0.6) is 0 Å². The van der Waals surface area contributed by atoms with Gasteiger partial charge in [-0.15, -0.1) is 11.3 Å². The predicted octanol–water partition coefficient (Wildman–Crippen LogP) is 0.904. The molecule has 2 aliphatic rings. The molecule has 170 valence electrons. The molecule has 1 unspecified atom stereocenters. The number of nitrogens with two attached hydrogens (primary N) is 1. The standard InChI is InChI=1S/C20H23N5O6S/c21-20-23-16-12(17(28)24-20)5-9(7-22-16)1-2-11-6-10-8-25(18(29)15(10)32-11)13(19(30)31)3-4-14(26)27/h6,9,13H,1-5,7-8H2,(H,26,27)(H,30,31)(H4,21,22,23,24,28)/t9?,13-/m0/s1. The maximum atomic E-state index is 12.8. The Morgan fingerprint density at radius 3 is 2.81 bits per heavy atom. The van der Waals surface area contributed by atoms with E-state index in [0.29, 0.717) is 29.2 Å². The minimum Gasteiger partial charge on any atom is -0.481 e. The number of thiophene rings is 1. The fourth-order valence-corrected chi connectivity index (χ4v) is 5.36. The van der Waals surface area contributed by atoms with Crippen LogP contribution in [0.15, 0.2) is 10.9 Å². The molecule has 32 heavy (non-hydrogen) atoms. The van der Waals surface area contributed by atoms with E-state index in [1.54, 1.807) is 0 Å². The molecule has 12 heteroatoms. The van der Waals surface area contributed by atoms with Crippen LogP contribution in [0.25, 0.3) is 0 Å². The lowest BCUT2D eigenvalue weighted by atomic mass is 9.92. The summed E-state index contributed by atoms with van der Waals surface area (Å²) in [7, 11) is 0. The van der Waals surface area contributed by atoms with Crippen molar-refractivity contribution in [1.29, 1.82) is 0 Å². The second-order valence-corrected chi connectivity index (χ2v) is 9.19. The van der Waals surface area contributed by atoms with Crippen molar-refractivity contribution in [2.24, 2.45) is 5.92 Å². The van der Waals surface area contributed by atoms with Crippen molar-refractivity contribution in [3.63, 3.8) is 0 Å². The van der Waals surface area contributed by atoms with Crippen LogP contribution in [-0.2, 0) is 29.0 Å². The van der Waals surface area contributed by atoms with Crippen molar-refractivity contribution in [3.8, 4) is 0 Å². The Bertz CT molecular complexity index is 1140. The SMILES string of the molecule is Nc1nc2c(c(=O)[nH]1)CC(CCc1cc3c(s1)C(=O)N([C@@H](CCC(=O)O)C(=O)O)C3)CN2. The third-order valence-corrected chi connectivity index (χ3v) is 7.06. The first kappa shape index (κ1) is 21.8. The molecule has 0 fully saturated rings. The van der Waals surface area contributed by atoms with Gasteiger partial charge < -0.3 is 26.2 Å². The number of aromatic amines is 1. The molecule has 4 rings (SSSR count). The van der Waals surface area contributed by atoms with Crippen molar-refractivity contribution in [1.82, 2.24) is 14.9 Å². The average Bonchev–Trinajstić information content (AvgIpc) is 3.25. The second-order valence-electron chi connectivity index (χ2n) is 8.05. The van der Waals surface area contributed by atoms with Crippen LogP contribution in [0.4, 0.5) is 11.8 Å². The van der Waals surface area contributed by atoms with Gasteiger partial charge in [-0.2, -0.15) is 4.98 Å². The van der Waals surface area contributed by atoms with Crippen LogP contribution >= 0.6 is 11.3 Å². The van der Waals surface area contributed by atoms with E-state index in [9.17, 15) is 24.3 Å². The molecule has 0 saturated carbocycles. The summed E-state index contributed by atoms with van der Waals surface area (Å²) < 4.78 is 0. The molecule has 2 aromatic rings. The second kappa shape index (κ2) is 8.61. The Morgan fingerprint density at radius 1 is 1.34 bits per heavy atom. The summed E-state index contributed by atoms with van der Waals surface area (Å²) in [5, 5.41) is 21.4. The minimum absolute atomic E-state index is 0.0830. The number of carboxylic acids is 2. The number of aryl methyl sites for hydroxylation is 1. The fraction of sp³-hybridized carbons (Fsp3) is 0.450. The smallest absolute Gasteiger partial charge is 0.326 e. The molecule has 2 atom stereocenters. The minimum atomic E-state index is -1.20. The molecule has 0 saturated heterocycles. The number of nitrogens with one attached hydrogen (secondary N) is 2. The number of carbonyl (C=O) groups is 3. The Labute approximate surface area is 186 Å². The van der Waals surface area contributed by atoms with Gasteiger partial charge in [-0.05, 0) is 43.2 Å². The predicted molar refractivity (Wildman–Crippen MR) is 116 cm³/mol. The summed E-state index contributed by atoms with van der Waals surface area (Å²) in [4.78, 5) is 56.7. The molecule has 4 heterocycles. The van der Waals surface area contributed by atoms with Gasteiger partial charge in [0.25, 0.3) is 11.5 Å². The first-order chi connectivity index (χ1) is 15.2. The quantitative estimate of drug-likeness (QED) is 0.382. The van der Waals surface area contributed by atoms with E-state index in [1.807, 2.05) is 6.07 Å². The highest BCUT2D eigenvalue weighted by atomic mass is 32.1. The number of fused-ring (bicyclic) bond motifs is 2. The lowest BCUT2D eigenvalue weighted by Gasteiger charge is -2.24. The summed E-state index contributed by atoms with van der Waals surface area (Å²) in [6, 6.07) is 0.767. The molecule has 0 radical (unpaired) electrons. The number of carbonyl (C=O) groups excluding carboxylic acids is 1. The van der Waals surface area contributed by atoms with Crippen molar-refractivity contribution < 1.29 is 24.6 Å². The molecule has 0 aromatic carbocycles. The summed E-state index contributed by atoms with van der Waals surface area (Å²) >= 11 is 1.35. The zero-order chi connectivity index (χ0) is 23.0. The van der Waals surface area contributed by atoms with Crippen molar-refractivity contribution >= 4 is 40.9 Å². The molecule has 0 aliphatic carbocycles. The van der Waals surface area contributed by atoms with Crippen molar-refractivity contribution in [2.75, 3.05) is 17.6 Å². The Kier molecular flexibility index (Phi) is 5.87. The lowest BCUT2D eigenvalue weighted by molar-refractivity contribution is -0.143. The Morgan fingerprint density at radius 2 is 2.12 bits per heavy atom. The number of aliphatic carboxylic acids is 2. The maximum Gasteiger partial charge on any atom is 0.326 e. The number of nitrogen functional groups attached to an aromatic ring is 1. The number of rotatable bonds is 8. The van der Waals surface area contributed by atoms with E-state index >= 15 is 0 Å². The van der Waals surface area contributed by atoms with Gasteiger partial charge in [0.05, 0.1) is 10.4 Å². The van der Waals surface area contributed by atoms with Crippen LogP contribution in [0.1, 0.15) is 44.9 Å². The molecule has 0 bridgehead atoms. The van der Waals surface area contributed by atoms with Crippen molar-refractivity contribution in [2.45, 2.75) is 44.7 Å². The monoisotopic (exact) mass is 461 g/mol. The van der Waals surface area contributed by atoms with Gasteiger partial charge in [-0.3, -0.25) is 19.4 Å². The first-order valence-corrected chi connectivity index (χ1v) is 11.0. The van der Waals surface area contributed by atoms with Gasteiger partial charge in [0.1, 0.15) is 11.9 Å². The van der Waals surface area contributed by atoms with Crippen molar-refractivity contribution in [3.05, 3.63) is 37.3 Å². The summed E-state index contributed by atoms with van der Waals surface area (Å²) in [6.45, 7) is 0.840. The molecule has 0 spiro atoms. The van der Waals surface area contributed by atoms with Gasteiger partial charge in [0.15, 0.2) is 0 Å². The number of nitrogens with zero attached hydrogens (tertiary/aromatic N) is 2. The average molecular weight is 462 g/mol. The molecular formula is C20H23N5O6S. The number of H-pyrrole nitrogens is 1. The topological polar surface area (TPSA) is 179 Å². The van der Waals surface area contributed by atoms with Gasteiger partial charge >= 0.3 is 11.9 Å². The zero-order valence-corrected chi connectivity index (χ0v) is 17.9. The highest BCUT2D eigenvalue weighted by Crippen LogP contribution is 2.34. The van der Waals surface area contributed by atoms with E-state index in [4.69, 9.17) is 10.8 Å². The molecule has 11 nitrogen and oxygen atoms in total. The van der Waals surface area contributed by atoms with Crippen LogP contribution in [0, 0.1) is 5.92 Å². The zero-order valence-electron chi connectivity index (χ0n) is 17.1. The largest absolute Gasteiger partial charge is 0.481 e. The van der Waals surface area contributed by atoms with Gasteiger partial charge in [0, 0.05) is 24.4 Å². The molecular weight excluding hydrogens is 438 g/mol. The maximum absolute atomic E-state index is 12.8. The number of anilines is 2. The Hall–Kier alpha value is -3.41. The van der Waals surface area contributed by atoms with Gasteiger partial charge in [0.2, 0.25) is 5.95 Å². The third kappa shape index (κ3) is 4.31. The van der Waals surface area contributed by atoms with E-state index in [2.05, 4.69) is 15.3 Å². The normalized spacial score (nSPS) is 18.1. The van der Waals surface area contributed by atoms with Crippen LogP contribution in [0.2, 0.25) is 0 Å². The highest BCUT2D eigenvalue weighted by Gasteiger charge is 2.38. The number of carboxylic acid groups (broad SMARTS) is 2. The molecule has 6 N–H and O–H groups in total. The van der Waals surface area contributed by atoms with Crippen LogP contribution in [0.3, 0.4) is 0 Å². The summed E-state index contributed by atoms with van der Waals surface area (Å²) in [5.41, 5.74) is 6.71. The van der Waals surface area contributed by atoms with E-state index < -0.39 is 18.0 Å². The van der Waals surface area contributed by atoms with Crippen LogP contribution < -0.4 is 16.6 Å². The molecule has 2 aromatic heterocycles. The fourth-order valence-electron chi connectivity index (χ4n) is 4.22. The van der Waals surface area contributed by atoms with Gasteiger partial charge in [-0.25, -0.2) is 4.79 Å². The number of amides is 1. The van der Waals surface area contributed by atoms with E-state index in [0.717, 1.165) is 23.3 Å². The molecule has 2 aliphatic heterocycles. The number of hydrogen-bond donors (Lipinski definition) is 5. The Balaban J connectivity index is 1.38. The summed E-state index contributed by atoms with van der Waals surface area (Å²) in [6.07, 6.45) is 1.68. The molecule has 1 amide bonds. The lowest BCUT2D eigenvalue weighted by Crippen LogP contribution is -2.41. The van der Waals surface area contributed by atoms with E-state index in [-0.39, 0.29) is 42.7 Å². The number of hydrogen-bond acceptors (Lipinski definition) is 8. The third-order valence-electron chi connectivity index (χ3n) is 5.83. The van der Waals surface area contributed by atoms with Crippen LogP contribution in [-0.4, -0.2) is 55.5 Å². The highest BCUT2D eigenvalue weighted by molar-refractivity contribution is 7.14.